The Morgan fingerprint density at radius 2 is 1.98 bits per heavy atom. The van der Waals surface area contributed by atoms with E-state index in [1.54, 1.807) is 0 Å². The van der Waals surface area contributed by atoms with Crippen molar-refractivity contribution in [3.05, 3.63) is 12.7 Å². The third-order valence-corrected chi connectivity index (χ3v) is 12.3. The molecule has 5 aliphatic heterocycles. The molecular weight excluding hydrogens is 603 g/mol. The van der Waals surface area contributed by atoms with E-state index in [2.05, 4.69) is 55.1 Å². The molecule has 5 saturated heterocycles. The Bertz CT molecular complexity index is 1130. The fourth-order valence-electron chi connectivity index (χ4n) is 10.2. The molecule has 12 heteroatoms. The first-order chi connectivity index (χ1) is 22.5. The predicted octanol–water partition coefficient (Wildman–Crippen LogP) is 2.30. The van der Waals surface area contributed by atoms with Gasteiger partial charge >= 0.3 is 6.03 Å². The highest BCUT2D eigenvalue weighted by Gasteiger charge is 2.58. The lowest BCUT2D eigenvalue weighted by Crippen LogP contribution is -2.80. The smallest absolute Gasteiger partial charge is 0.320 e. The number of aliphatic hydroxyl groups excluding tert-OH is 1. The number of carbonyl (C=O) groups excluding carboxylic acids is 2. The van der Waals surface area contributed by atoms with Crippen molar-refractivity contribution in [2.75, 3.05) is 39.4 Å². The van der Waals surface area contributed by atoms with Crippen LogP contribution in [0.15, 0.2) is 12.7 Å². The van der Waals surface area contributed by atoms with Crippen LogP contribution in [-0.4, -0.2) is 132 Å². The van der Waals surface area contributed by atoms with Gasteiger partial charge < -0.3 is 35.0 Å². The van der Waals surface area contributed by atoms with E-state index in [-0.39, 0.29) is 90.7 Å². The third kappa shape index (κ3) is 6.59. The van der Waals surface area contributed by atoms with Crippen molar-refractivity contribution in [2.24, 2.45) is 29.6 Å². The molecular formula is C35H59FN6O5. The molecule has 4 N–H and O–H groups in total. The van der Waals surface area contributed by atoms with Gasteiger partial charge in [-0.25, -0.2) is 9.18 Å². The van der Waals surface area contributed by atoms with Crippen LogP contribution >= 0.6 is 0 Å². The minimum absolute atomic E-state index is 0.0119. The standard InChI is InChI=1S/C35H59FN6O5/c1-7-27(44)40-14-15-41(21(6)17-40)33-23-16-20(5)30-28-24(36)10-9-11-26(28)47-18-25(43)32(46-8-2)22-12-13-37-29(19(3)4)31(22)42(34(23)38-30)35(45)39-33/h7,19-26,28-34,37-38,43H,1,8-18H2,2-6H3,(H,39,45)/t20?,21-,22?,23?,24?,25?,26?,28?,29?,30?,31?,32?,33?,34?/m0/s1. The number of hydrogen-bond acceptors (Lipinski definition) is 8. The van der Waals surface area contributed by atoms with E-state index in [1.807, 2.05) is 16.7 Å². The van der Waals surface area contributed by atoms with Crippen LogP contribution in [0.5, 0.6) is 0 Å². The zero-order chi connectivity index (χ0) is 33.6. The van der Waals surface area contributed by atoms with Gasteiger partial charge in [-0.2, -0.15) is 0 Å². The number of nitrogens with one attached hydrogen (secondary N) is 3. The number of piperidine rings is 2. The summed E-state index contributed by atoms with van der Waals surface area (Å²) >= 11 is 0. The molecule has 13 unspecified atom stereocenters. The molecule has 0 aromatic rings. The molecule has 0 radical (unpaired) electrons. The van der Waals surface area contributed by atoms with Crippen molar-refractivity contribution in [3.8, 4) is 0 Å². The lowest BCUT2D eigenvalue weighted by molar-refractivity contribution is -0.164. The maximum absolute atomic E-state index is 16.1. The molecule has 47 heavy (non-hydrogen) atoms. The molecule has 1 aliphatic carbocycles. The number of halogens is 1. The number of carbonyl (C=O) groups is 2. The highest BCUT2D eigenvalue weighted by molar-refractivity contribution is 5.87. The maximum Gasteiger partial charge on any atom is 0.320 e. The summed E-state index contributed by atoms with van der Waals surface area (Å²) in [5.41, 5.74) is 0. The number of piperazine rings is 1. The Morgan fingerprint density at radius 1 is 1.19 bits per heavy atom. The minimum atomic E-state index is -1.03. The van der Waals surface area contributed by atoms with Crippen molar-refractivity contribution in [1.29, 1.82) is 0 Å². The highest BCUT2D eigenvalue weighted by Crippen LogP contribution is 2.44. The second kappa shape index (κ2) is 14.6. The average Bonchev–Trinajstić information content (AvgIpc) is 3.05. The Hall–Kier alpha value is -1.83. The van der Waals surface area contributed by atoms with Crippen LogP contribution in [0.2, 0.25) is 0 Å². The largest absolute Gasteiger partial charge is 0.388 e. The number of alkyl halides is 1. The molecule has 0 spiro atoms. The summed E-state index contributed by atoms with van der Waals surface area (Å²) in [6.07, 6.45) is 1.54. The minimum Gasteiger partial charge on any atom is -0.388 e. The molecule has 11 nitrogen and oxygen atoms in total. The zero-order valence-electron chi connectivity index (χ0n) is 29.0. The summed E-state index contributed by atoms with van der Waals surface area (Å²) in [6, 6.07) is -0.601. The molecule has 2 bridgehead atoms. The number of ether oxygens (including phenoxy) is 2. The van der Waals surface area contributed by atoms with E-state index in [0.29, 0.717) is 32.7 Å². The summed E-state index contributed by atoms with van der Waals surface area (Å²) in [5, 5.41) is 22.9. The lowest BCUT2D eigenvalue weighted by Gasteiger charge is -2.61. The van der Waals surface area contributed by atoms with Gasteiger partial charge in [0.25, 0.3) is 0 Å². The highest BCUT2D eigenvalue weighted by atomic mass is 19.1. The Morgan fingerprint density at radius 3 is 2.68 bits per heavy atom. The first-order valence-electron chi connectivity index (χ1n) is 18.4. The molecule has 6 aliphatic rings. The SMILES string of the molecule is C=CC(=O)N1CCN(C2NC(=O)N3C4NC(C(C)CC42)C2C(F)CCCC2OCC(O)C(OCC)C2CCNC(C(C)C)C23)[C@@H](C)C1. The molecule has 5 heterocycles. The molecule has 266 valence electrons. The fraction of sp³-hybridized carbons (Fsp3) is 0.886. The summed E-state index contributed by atoms with van der Waals surface area (Å²) < 4.78 is 28.9. The average molecular weight is 663 g/mol. The zero-order valence-corrected chi connectivity index (χ0v) is 29.0. The first kappa shape index (κ1) is 35.0. The summed E-state index contributed by atoms with van der Waals surface area (Å²) in [6.45, 7) is 17.3. The van der Waals surface area contributed by atoms with Gasteiger partial charge in [-0.3, -0.25) is 15.0 Å². The lowest BCUT2D eigenvalue weighted by atomic mass is 9.69. The van der Waals surface area contributed by atoms with Crippen molar-refractivity contribution < 1.29 is 28.6 Å². The Kier molecular flexibility index (Phi) is 10.9. The number of aliphatic hydroxyl groups is 1. The Balaban J connectivity index is 1.43. The van der Waals surface area contributed by atoms with Crippen LogP contribution < -0.4 is 16.0 Å². The van der Waals surface area contributed by atoms with E-state index in [1.165, 1.54) is 6.08 Å². The molecule has 6 rings (SSSR count). The van der Waals surface area contributed by atoms with Crippen LogP contribution in [0.3, 0.4) is 0 Å². The van der Waals surface area contributed by atoms with Gasteiger partial charge in [0.15, 0.2) is 0 Å². The monoisotopic (exact) mass is 662 g/mol. The van der Waals surface area contributed by atoms with E-state index < -0.39 is 18.4 Å². The number of hydrogen-bond donors (Lipinski definition) is 4. The van der Waals surface area contributed by atoms with E-state index in [0.717, 1.165) is 32.2 Å². The molecule has 0 aromatic heterocycles. The normalized spacial score (nSPS) is 44.8. The number of nitrogens with zero attached hydrogens (tertiary/aromatic N) is 3. The first-order valence-corrected chi connectivity index (χ1v) is 18.4. The fourth-order valence-corrected chi connectivity index (χ4v) is 10.2. The van der Waals surface area contributed by atoms with Crippen LogP contribution in [0.25, 0.3) is 0 Å². The van der Waals surface area contributed by atoms with Crippen molar-refractivity contribution in [3.63, 3.8) is 0 Å². The van der Waals surface area contributed by atoms with Crippen LogP contribution in [0.1, 0.15) is 66.7 Å². The van der Waals surface area contributed by atoms with Gasteiger partial charge in [-0.1, -0.05) is 27.4 Å². The van der Waals surface area contributed by atoms with E-state index in [4.69, 9.17) is 9.47 Å². The van der Waals surface area contributed by atoms with Crippen LogP contribution in [-0.2, 0) is 14.3 Å². The topological polar surface area (TPSA) is 119 Å². The van der Waals surface area contributed by atoms with Gasteiger partial charge in [0, 0.05) is 62.1 Å². The second-order valence-corrected chi connectivity index (χ2v) is 15.4. The van der Waals surface area contributed by atoms with Crippen molar-refractivity contribution >= 4 is 11.9 Å². The van der Waals surface area contributed by atoms with Gasteiger partial charge in [0.1, 0.15) is 12.3 Å². The molecule has 0 aromatic carbocycles. The molecule has 14 atom stereocenters. The number of urea groups is 1. The number of amides is 3. The Labute approximate surface area is 280 Å². The van der Waals surface area contributed by atoms with Crippen molar-refractivity contribution in [1.82, 2.24) is 30.7 Å². The van der Waals surface area contributed by atoms with Gasteiger partial charge in [-0.15, -0.1) is 0 Å². The molecule has 3 amide bonds. The quantitative estimate of drug-likeness (QED) is 0.332. The third-order valence-electron chi connectivity index (χ3n) is 12.3. The molecule has 6 fully saturated rings. The predicted molar refractivity (Wildman–Crippen MR) is 177 cm³/mol. The van der Waals surface area contributed by atoms with Crippen LogP contribution in [0, 0.1) is 29.6 Å². The van der Waals surface area contributed by atoms with Crippen molar-refractivity contribution in [2.45, 2.75) is 128 Å². The summed E-state index contributed by atoms with van der Waals surface area (Å²) in [4.78, 5) is 33.4. The number of fused-ring (bicyclic) bond motifs is 5. The van der Waals surface area contributed by atoms with Gasteiger partial charge in [0.2, 0.25) is 5.91 Å². The van der Waals surface area contributed by atoms with Crippen LogP contribution in [0.4, 0.5) is 9.18 Å². The summed E-state index contributed by atoms with van der Waals surface area (Å²) in [7, 11) is 0. The van der Waals surface area contributed by atoms with Gasteiger partial charge in [-0.05, 0) is 70.4 Å². The summed E-state index contributed by atoms with van der Waals surface area (Å²) in [5.74, 6) is -0.229. The van der Waals surface area contributed by atoms with E-state index >= 15 is 4.39 Å². The van der Waals surface area contributed by atoms with Gasteiger partial charge in [0.05, 0.1) is 37.2 Å². The van der Waals surface area contributed by atoms with E-state index in [9.17, 15) is 14.7 Å². The maximum atomic E-state index is 16.1. The molecule has 1 saturated carbocycles. The number of rotatable bonds is 5. The second-order valence-electron chi connectivity index (χ2n) is 15.4.